The lowest BCUT2D eigenvalue weighted by molar-refractivity contribution is -0.119. The van der Waals surface area contributed by atoms with Gasteiger partial charge in [0.1, 0.15) is 22.4 Å². The van der Waals surface area contributed by atoms with Gasteiger partial charge in [0.15, 0.2) is 11.6 Å². The number of ether oxygens (including phenoxy) is 2. The molecule has 0 unspecified atom stereocenters. The van der Waals surface area contributed by atoms with Crippen LogP contribution in [0.15, 0.2) is 46.9 Å². The minimum Gasteiger partial charge on any atom is -0.497 e. The van der Waals surface area contributed by atoms with Gasteiger partial charge in [0, 0.05) is 29.9 Å². The third-order valence-electron chi connectivity index (χ3n) is 5.92. The number of fused-ring (bicyclic) bond motifs is 4. The number of hydrogen-bond donors (Lipinski definition) is 1. The minimum absolute atomic E-state index is 0.0843. The van der Waals surface area contributed by atoms with E-state index in [1.165, 1.54) is 7.11 Å². The highest BCUT2D eigenvalue weighted by Gasteiger charge is 2.46. The van der Waals surface area contributed by atoms with E-state index in [4.69, 9.17) is 9.47 Å². The number of aromatic nitrogens is 2. The molecule has 0 saturated carbocycles. The summed E-state index contributed by atoms with van der Waals surface area (Å²) in [4.78, 5) is 30.9. The van der Waals surface area contributed by atoms with E-state index in [-0.39, 0.29) is 5.78 Å². The molecule has 0 amide bonds. The predicted octanol–water partition coefficient (Wildman–Crippen LogP) is 3.11. The Bertz CT molecular complexity index is 1310. The fourth-order valence-electron chi connectivity index (χ4n) is 4.42. The van der Waals surface area contributed by atoms with Crippen molar-refractivity contribution in [3.63, 3.8) is 0 Å². The Morgan fingerprint density at radius 3 is 2.57 bits per heavy atom. The maximum atomic E-state index is 13.6. The number of anilines is 1. The van der Waals surface area contributed by atoms with E-state index >= 15 is 0 Å². The molecule has 1 aromatic heterocycles. The summed E-state index contributed by atoms with van der Waals surface area (Å²) in [7, 11) is 3.04. The number of carbonyl (C=O) groups is 1. The summed E-state index contributed by atoms with van der Waals surface area (Å²) in [6.07, 6.45) is 0.586. The molecule has 0 bridgehead atoms. The van der Waals surface area contributed by atoms with Crippen LogP contribution < -0.4 is 20.3 Å². The summed E-state index contributed by atoms with van der Waals surface area (Å²) in [5, 5.41) is 3.68. The molecule has 0 atom stereocenters. The first-order chi connectivity index (χ1) is 14.4. The van der Waals surface area contributed by atoms with E-state index < -0.39 is 11.1 Å². The number of hydrogen-bond acceptors (Lipinski definition) is 6. The molecule has 2 aliphatic rings. The molecule has 3 aromatic rings. The SMILES string of the molecule is COc1cc(OC)c2c(=O)nc3n(c2c1)C(C)(C)C(=O)C3=C1Cc2ccccc2N1. The smallest absolute Gasteiger partial charge is 0.284 e. The Kier molecular flexibility index (Phi) is 3.80. The quantitative estimate of drug-likeness (QED) is 0.662. The van der Waals surface area contributed by atoms with E-state index in [0.29, 0.717) is 40.2 Å². The Morgan fingerprint density at radius 1 is 1.10 bits per heavy atom. The fraction of sp³-hybridized carbons (Fsp3) is 0.261. The second kappa shape index (κ2) is 6.19. The van der Waals surface area contributed by atoms with Crippen LogP contribution in [0.3, 0.4) is 0 Å². The maximum absolute atomic E-state index is 13.6. The average Bonchev–Trinajstić information content (AvgIpc) is 3.23. The first-order valence-corrected chi connectivity index (χ1v) is 9.69. The molecule has 30 heavy (non-hydrogen) atoms. The highest BCUT2D eigenvalue weighted by atomic mass is 16.5. The lowest BCUT2D eigenvalue weighted by atomic mass is 9.95. The zero-order valence-electron chi connectivity index (χ0n) is 17.2. The number of para-hydroxylation sites is 1. The first-order valence-electron chi connectivity index (χ1n) is 9.69. The van der Waals surface area contributed by atoms with Gasteiger partial charge in [-0.15, -0.1) is 0 Å². The number of nitrogens with zero attached hydrogens (tertiary/aromatic N) is 2. The second-order valence-corrected chi connectivity index (χ2v) is 8.00. The van der Waals surface area contributed by atoms with Gasteiger partial charge in [-0.3, -0.25) is 9.59 Å². The van der Waals surface area contributed by atoms with E-state index in [1.54, 1.807) is 19.2 Å². The van der Waals surface area contributed by atoms with Gasteiger partial charge in [-0.2, -0.15) is 4.98 Å². The van der Waals surface area contributed by atoms with Crippen molar-refractivity contribution in [3.05, 3.63) is 63.8 Å². The molecule has 5 rings (SSSR count). The van der Waals surface area contributed by atoms with Gasteiger partial charge in [-0.25, -0.2) is 0 Å². The molecule has 1 N–H and O–H groups in total. The molecular weight excluding hydrogens is 382 g/mol. The molecule has 2 aromatic carbocycles. The van der Waals surface area contributed by atoms with Gasteiger partial charge in [0.25, 0.3) is 5.56 Å². The molecule has 0 aliphatic carbocycles. The van der Waals surface area contributed by atoms with Gasteiger partial charge in [0.05, 0.1) is 25.3 Å². The zero-order chi connectivity index (χ0) is 21.2. The van der Waals surface area contributed by atoms with Crippen molar-refractivity contribution in [2.45, 2.75) is 25.8 Å². The third-order valence-corrected chi connectivity index (χ3v) is 5.92. The molecular formula is C23H21N3O4. The normalized spacial score (nSPS) is 18.9. The van der Waals surface area contributed by atoms with Crippen molar-refractivity contribution < 1.29 is 14.3 Å². The number of methoxy groups -OCH3 is 2. The van der Waals surface area contributed by atoms with Crippen LogP contribution in [0.2, 0.25) is 0 Å². The summed E-state index contributed by atoms with van der Waals surface area (Å²) < 4.78 is 12.7. The molecule has 152 valence electrons. The van der Waals surface area contributed by atoms with Gasteiger partial charge in [-0.05, 0) is 25.5 Å². The third kappa shape index (κ3) is 2.35. The Balaban J connectivity index is 1.86. The Labute approximate surface area is 173 Å². The van der Waals surface area contributed by atoms with Crippen LogP contribution in [0, 0.1) is 0 Å². The Morgan fingerprint density at radius 2 is 1.87 bits per heavy atom. The summed E-state index contributed by atoms with van der Waals surface area (Å²) in [6.45, 7) is 3.68. The number of carbonyl (C=O) groups excluding carboxylic acids is 1. The van der Waals surface area contributed by atoms with Crippen LogP contribution in [-0.4, -0.2) is 29.6 Å². The van der Waals surface area contributed by atoms with Crippen LogP contribution in [0.1, 0.15) is 25.2 Å². The molecule has 0 saturated heterocycles. The predicted molar refractivity (Wildman–Crippen MR) is 114 cm³/mol. The first kappa shape index (κ1) is 18.4. The van der Waals surface area contributed by atoms with Gasteiger partial charge in [-0.1, -0.05) is 18.2 Å². The summed E-state index contributed by atoms with van der Waals surface area (Å²) >= 11 is 0. The monoisotopic (exact) mass is 403 g/mol. The van der Waals surface area contributed by atoms with E-state index in [2.05, 4.69) is 10.3 Å². The number of ketones is 1. The summed E-state index contributed by atoms with van der Waals surface area (Å²) in [5.41, 5.74) is 2.50. The zero-order valence-corrected chi connectivity index (χ0v) is 17.2. The average molecular weight is 403 g/mol. The number of nitrogens with one attached hydrogen (secondary N) is 1. The summed E-state index contributed by atoms with van der Waals surface area (Å²) in [6, 6.07) is 11.3. The standard InChI is InChI=1S/C23H21N3O4/c1-23(2)20(27)18(15-9-12-7-5-6-8-14(12)24-15)21-25-22(28)19-16(26(21)23)10-13(29-3)11-17(19)30-4/h5-8,10-11,24H,9H2,1-4H3. The fourth-order valence-corrected chi connectivity index (χ4v) is 4.42. The highest BCUT2D eigenvalue weighted by Crippen LogP contribution is 2.43. The maximum Gasteiger partial charge on any atom is 0.284 e. The molecule has 2 aliphatic heterocycles. The van der Waals surface area contributed by atoms with Crippen molar-refractivity contribution in [3.8, 4) is 11.5 Å². The lowest BCUT2D eigenvalue weighted by Crippen LogP contribution is -2.31. The molecule has 0 fully saturated rings. The second-order valence-electron chi connectivity index (χ2n) is 8.00. The minimum atomic E-state index is -0.926. The number of allylic oxidation sites excluding steroid dienone is 2. The van der Waals surface area contributed by atoms with Crippen LogP contribution in [0.25, 0.3) is 16.5 Å². The van der Waals surface area contributed by atoms with Gasteiger partial charge in [0.2, 0.25) is 0 Å². The van der Waals surface area contributed by atoms with Crippen molar-refractivity contribution in [1.82, 2.24) is 9.55 Å². The van der Waals surface area contributed by atoms with Crippen molar-refractivity contribution in [1.29, 1.82) is 0 Å². The Hall–Kier alpha value is -3.61. The van der Waals surface area contributed by atoms with E-state index in [1.807, 2.05) is 42.7 Å². The van der Waals surface area contributed by atoms with Crippen LogP contribution >= 0.6 is 0 Å². The molecule has 0 radical (unpaired) electrons. The topological polar surface area (TPSA) is 82.5 Å². The molecule has 3 heterocycles. The van der Waals surface area contributed by atoms with Gasteiger partial charge >= 0.3 is 0 Å². The van der Waals surface area contributed by atoms with Crippen LogP contribution in [0.4, 0.5) is 5.69 Å². The van der Waals surface area contributed by atoms with Crippen molar-refractivity contribution >= 4 is 27.9 Å². The highest BCUT2D eigenvalue weighted by molar-refractivity contribution is 6.27. The molecule has 0 spiro atoms. The molecule has 7 heteroatoms. The van der Waals surface area contributed by atoms with Crippen LogP contribution in [-0.2, 0) is 16.8 Å². The van der Waals surface area contributed by atoms with E-state index in [9.17, 15) is 9.59 Å². The lowest BCUT2D eigenvalue weighted by Gasteiger charge is -2.23. The number of rotatable bonds is 2. The van der Waals surface area contributed by atoms with E-state index in [0.717, 1.165) is 16.9 Å². The van der Waals surface area contributed by atoms with Crippen molar-refractivity contribution in [2.24, 2.45) is 0 Å². The summed E-state index contributed by atoms with van der Waals surface area (Å²) in [5.74, 6) is 1.19. The van der Waals surface area contributed by atoms with Crippen molar-refractivity contribution in [2.75, 3.05) is 19.5 Å². The molecule has 7 nitrogen and oxygen atoms in total. The largest absolute Gasteiger partial charge is 0.497 e. The van der Waals surface area contributed by atoms with Crippen LogP contribution in [0.5, 0.6) is 11.5 Å². The number of Topliss-reactive ketones (excluding diaryl/α,β-unsaturated/α-hetero) is 1. The number of benzene rings is 2. The van der Waals surface area contributed by atoms with Gasteiger partial charge < -0.3 is 19.4 Å².